The summed E-state index contributed by atoms with van der Waals surface area (Å²) in [4.78, 5) is 13.4. The van der Waals surface area contributed by atoms with Crippen LogP contribution in [0.3, 0.4) is 0 Å². The monoisotopic (exact) mass is 219 g/mol. The van der Waals surface area contributed by atoms with Crippen molar-refractivity contribution in [2.24, 2.45) is 0 Å². The van der Waals surface area contributed by atoms with E-state index in [1.54, 1.807) is 0 Å². The smallest absolute Gasteiger partial charge is 0.392 e. The lowest BCUT2D eigenvalue weighted by Crippen LogP contribution is -2.23. The number of nitrogens with one attached hydrogen (secondary N) is 1. The van der Waals surface area contributed by atoms with Crippen molar-refractivity contribution in [3.05, 3.63) is 23.0 Å². The number of Topliss-reactive ketones (excluding diaryl/α,β-unsaturated/α-hetero) is 1. The first-order valence-corrected chi connectivity index (χ1v) is 4.38. The van der Waals surface area contributed by atoms with Crippen molar-refractivity contribution in [3.63, 3.8) is 0 Å². The van der Waals surface area contributed by atoms with Crippen LogP contribution in [0, 0.1) is 0 Å². The van der Waals surface area contributed by atoms with Crippen molar-refractivity contribution in [2.75, 3.05) is 0 Å². The second-order valence-corrected chi connectivity index (χ2v) is 3.56. The number of aromatic nitrogens is 1. The SMILES string of the molecule is O=C1CC(O)Cc2[nH]c(C(F)(F)F)cc21. The molecule has 1 aliphatic carbocycles. The number of aliphatic hydroxyl groups excluding tert-OH is 1. The molecule has 0 aliphatic heterocycles. The average molecular weight is 219 g/mol. The van der Waals surface area contributed by atoms with Gasteiger partial charge in [-0.1, -0.05) is 0 Å². The quantitative estimate of drug-likeness (QED) is 0.695. The molecule has 2 N–H and O–H groups in total. The molecule has 1 aliphatic rings. The predicted molar refractivity (Wildman–Crippen MR) is 44.5 cm³/mol. The number of carbonyl (C=O) groups excluding carboxylic acids is 1. The van der Waals surface area contributed by atoms with Gasteiger partial charge >= 0.3 is 6.18 Å². The van der Waals surface area contributed by atoms with Crippen LogP contribution in [0.25, 0.3) is 0 Å². The van der Waals surface area contributed by atoms with E-state index in [2.05, 4.69) is 4.98 Å². The lowest BCUT2D eigenvalue weighted by Gasteiger charge is -2.15. The topological polar surface area (TPSA) is 53.1 Å². The van der Waals surface area contributed by atoms with Crippen LogP contribution in [0.15, 0.2) is 6.07 Å². The molecular weight excluding hydrogens is 211 g/mol. The molecule has 6 heteroatoms. The molecule has 1 aromatic heterocycles. The summed E-state index contributed by atoms with van der Waals surface area (Å²) in [6, 6.07) is 0.809. The molecule has 0 bridgehead atoms. The van der Waals surface area contributed by atoms with Gasteiger partial charge in [0, 0.05) is 24.1 Å². The third-order valence-electron chi connectivity index (χ3n) is 2.37. The molecule has 0 aromatic carbocycles. The fraction of sp³-hybridized carbons (Fsp3) is 0.444. The number of hydrogen-bond acceptors (Lipinski definition) is 2. The highest BCUT2D eigenvalue weighted by Crippen LogP contribution is 2.32. The van der Waals surface area contributed by atoms with Crippen LogP contribution in [0.2, 0.25) is 0 Å². The normalized spacial score (nSPS) is 21.6. The molecule has 3 nitrogen and oxygen atoms in total. The third-order valence-corrected chi connectivity index (χ3v) is 2.37. The molecule has 0 fully saturated rings. The van der Waals surface area contributed by atoms with Crippen molar-refractivity contribution in [1.29, 1.82) is 0 Å². The molecule has 1 unspecified atom stereocenters. The first-order valence-electron chi connectivity index (χ1n) is 4.38. The molecule has 0 saturated heterocycles. The lowest BCUT2D eigenvalue weighted by atomic mass is 9.94. The van der Waals surface area contributed by atoms with Crippen LogP contribution >= 0.6 is 0 Å². The molecule has 1 heterocycles. The van der Waals surface area contributed by atoms with Crippen LogP contribution in [0.4, 0.5) is 13.2 Å². The number of alkyl halides is 3. The second-order valence-electron chi connectivity index (χ2n) is 3.56. The van der Waals surface area contributed by atoms with E-state index in [4.69, 9.17) is 0 Å². The van der Waals surface area contributed by atoms with Crippen molar-refractivity contribution < 1.29 is 23.1 Å². The molecule has 1 aromatic rings. The zero-order valence-electron chi connectivity index (χ0n) is 7.56. The Morgan fingerprint density at radius 2 is 2.07 bits per heavy atom. The predicted octanol–water partition coefficient (Wildman–Crippen LogP) is 1.52. The molecule has 82 valence electrons. The number of carbonyl (C=O) groups is 1. The van der Waals surface area contributed by atoms with Gasteiger partial charge in [-0.05, 0) is 6.07 Å². The summed E-state index contributed by atoms with van der Waals surface area (Å²) in [5, 5.41) is 9.22. The number of ketones is 1. The molecule has 0 saturated carbocycles. The Bertz CT molecular complexity index is 408. The average Bonchev–Trinajstić information content (AvgIpc) is 2.46. The van der Waals surface area contributed by atoms with E-state index in [0.29, 0.717) is 0 Å². The van der Waals surface area contributed by atoms with Gasteiger partial charge in [0.05, 0.1) is 6.10 Å². The Labute approximate surface area is 82.9 Å². The first kappa shape index (κ1) is 10.2. The van der Waals surface area contributed by atoms with Crippen LogP contribution < -0.4 is 0 Å². The van der Waals surface area contributed by atoms with Gasteiger partial charge in [0.1, 0.15) is 5.69 Å². The van der Waals surface area contributed by atoms with E-state index < -0.39 is 23.8 Å². The van der Waals surface area contributed by atoms with E-state index in [1.807, 2.05) is 0 Å². The van der Waals surface area contributed by atoms with Gasteiger partial charge in [-0.15, -0.1) is 0 Å². The van der Waals surface area contributed by atoms with Crippen LogP contribution in [0.1, 0.15) is 28.2 Å². The van der Waals surface area contributed by atoms with Gasteiger partial charge in [0.15, 0.2) is 5.78 Å². The zero-order chi connectivity index (χ0) is 11.2. The molecular formula is C9H8F3NO2. The number of hydrogen-bond donors (Lipinski definition) is 2. The Hall–Kier alpha value is -1.30. The summed E-state index contributed by atoms with van der Waals surface area (Å²) >= 11 is 0. The highest BCUT2D eigenvalue weighted by atomic mass is 19.4. The second kappa shape index (κ2) is 3.10. The summed E-state index contributed by atoms with van der Waals surface area (Å²) in [7, 11) is 0. The van der Waals surface area contributed by atoms with Gasteiger partial charge in [0.2, 0.25) is 0 Å². The van der Waals surface area contributed by atoms with E-state index in [1.165, 1.54) is 0 Å². The Balaban J connectivity index is 2.44. The number of H-pyrrole nitrogens is 1. The van der Waals surface area contributed by atoms with Crippen molar-refractivity contribution in [1.82, 2.24) is 4.98 Å². The minimum atomic E-state index is -4.48. The number of halogens is 3. The molecule has 0 amide bonds. The zero-order valence-corrected chi connectivity index (χ0v) is 7.56. The summed E-state index contributed by atoms with van der Waals surface area (Å²) < 4.78 is 36.9. The van der Waals surface area contributed by atoms with Gasteiger partial charge < -0.3 is 10.1 Å². The Kier molecular flexibility index (Phi) is 2.11. The summed E-state index contributed by atoms with van der Waals surface area (Å²) in [6.45, 7) is 0. The van der Waals surface area contributed by atoms with E-state index in [-0.39, 0.29) is 24.1 Å². The third kappa shape index (κ3) is 1.77. The molecule has 15 heavy (non-hydrogen) atoms. The maximum atomic E-state index is 12.3. The highest BCUT2D eigenvalue weighted by molar-refractivity contribution is 5.98. The molecule has 0 spiro atoms. The van der Waals surface area contributed by atoms with E-state index in [0.717, 1.165) is 6.07 Å². The Morgan fingerprint density at radius 3 is 2.67 bits per heavy atom. The van der Waals surface area contributed by atoms with E-state index >= 15 is 0 Å². The fourth-order valence-electron chi connectivity index (χ4n) is 1.69. The van der Waals surface area contributed by atoms with Crippen LogP contribution in [-0.4, -0.2) is 22.0 Å². The van der Waals surface area contributed by atoms with Crippen molar-refractivity contribution in [3.8, 4) is 0 Å². The highest BCUT2D eigenvalue weighted by Gasteiger charge is 2.36. The summed E-state index contributed by atoms with van der Waals surface area (Å²) in [5.41, 5.74) is -0.714. The molecule has 2 rings (SSSR count). The van der Waals surface area contributed by atoms with Crippen LogP contribution in [0.5, 0.6) is 0 Å². The minimum Gasteiger partial charge on any atom is -0.392 e. The minimum absolute atomic E-state index is 0.0487. The standard InChI is InChI=1S/C9H8F3NO2/c10-9(11,12)8-3-5-6(13-8)1-4(14)2-7(5)15/h3-4,13-14H,1-2H2. The van der Waals surface area contributed by atoms with Crippen molar-refractivity contribution >= 4 is 5.78 Å². The summed E-state index contributed by atoms with van der Waals surface area (Å²) in [5.74, 6) is -0.449. The van der Waals surface area contributed by atoms with Crippen molar-refractivity contribution in [2.45, 2.75) is 25.1 Å². The fourth-order valence-corrected chi connectivity index (χ4v) is 1.69. The largest absolute Gasteiger partial charge is 0.431 e. The van der Waals surface area contributed by atoms with Gasteiger partial charge in [-0.3, -0.25) is 4.79 Å². The molecule has 0 radical (unpaired) electrons. The maximum Gasteiger partial charge on any atom is 0.431 e. The Morgan fingerprint density at radius 1 is 1.40 bits per heavy atom. The maximum absolute atomic E-state index is 12.3. The molecule has 1 atom stereocenters. The van der Waals surface area contributed by atoms with Crippen LogP contribution in [-0.2, 0) is 12.6 Å². The van der Waals surface area contributed by atoms with Gasteiger partial charge in [-0.2, -0.15) is 13.2 Å². The number of aromatic amines is 1. The van der Waals surface area contributed by atoms with Gasteiger partial charge in [0.25, 0.3) is 0 Å². The summed E-state index contributed by atoms with van der Waals surface area (Å²) in [6.07, 6.45) is -5.41. The lowest BCUT2D eigenvalue weighted by molar-refractivity contribution is -0.140. The van der Waals surface area contributed by atoms with Gasteiger partial charge in [-0.25, -0.2) is 0 Å². The number of fused-ring (bicyclic) bond motifs is 1. The first-order chi connectivity index (χ1) is 6.88. The van der Waals surface area contributed by atoms with E-state index in [9.17, 15) is 23.1 Å². The number of aliphatic hydroxyl groups is 1. The number of rotatable bonds is 0.